The summed E-state index contributed by atoms with van der Waals surface area (Å²) in [5.41, 5.74) is 1.56. The molecular formula is C14H19N3O3. The first-order valence-corrected chi connectivity index (χ1v) is 6.22. The monoisotopic (exact) mass is 277 g/mol. The van der Waals surface area contributed by atoms with Gasteiger partial charge in [-0.05, 0) is 25.1 Å². The molecule has 6 heteroatoms. The van der Waals surface area contributed by atoms with Crippen LogP contribution in [0.3, 0.4) is 0 Å². The average molecular weight is 277 g/mol. The normalized spacial score (nSPS) is 11.4. The van der Waals surface area contributed by atoms with Crippen molar-refractivity contribution >= 4 is 17.7 Å². The van der Waals surface area contributed by atoms with Gasteiger partial charge in [-0.15, -0.1) is 6.58 Å². The molecule has 0 bridgehead atoms. The van der Waals surface area contributed by atoms with Gasteiger partial charge in [-0.3, -0.25) is 0 Å². The van der Waals surface area contributed by atoms with E-state index in [4.69, 9.17) is 5.11 Å². The van der Waals surface area contributed by atoms with E-state index in [1.165, 1.54) is 6.08 Å². The predicted molar refractivity (Wildman–Crippen MR) is 77.6 cm³/mol. The Kier molecular flexibility index (Phi) is 6.25. The molecule has 0 radical (unpaired) electrons. The number of urea groups is 1. The van der Waals surface area contributed by atoms with Crippen LogP contribution in [0.4, 0.5) is 10.5 Å². The van der Waals surface area contributed by atoms with Gasteiger partial charge >= 0.3 is 12.0 Å². The Labute approximate surface area is 117 Å². The number of carboxylic acid groups (broad SMARTS) is 1. The van der Waals surface area contributed by atoms with Crippen LogP contribution in [0, 0.1) is 0 Å². The van der Waals surface area contributed by atoms with Crippen molar-refractivity contribution < 1.29 is 14.7 Å². The second-order valence-electron chi connectivity index (χ2n) is 4.20. The number of aliphatic carboxylic acids is 1. The minimum Gasteiger partial charge on any atom is -0.480 e. The van der Waals surface area contributed by atoms with Gasteiger partial charge in [0.15, 0.2) is 0 Å². The number of anilines is 1. The highest BCUT2D eigenvalue weighted by molar-refractivity contribution is 5.92. The zero-order valence-corrected chi connectivity index (χ0v) is 11.3. The maximum Gasteiger partial charge on any atom is 0.326 e. The minimum absolute atomic E-state index is 0.168. The van der Waals surface area contributed by atoms with E-state index in [9.17, 15) is 9.59 Å². The van der Waals surface area contributed by atoms with Crippen molar-refractivity contribution in [2.24, 2.45) is 0 Å². The molecule has 6 nitrogen and oxygen atoms in total. The van der Waals surface area contributed by atoms with Crippen molar-refractivity contribution in [2.45, 2.75) is 19.0 Å². The SMILES string of the molecule is C=CCC(NC(=O)Nc1ccccc1CNC)C(=O)O. The topological polar surface area (TPSA) is 90.5 Å². The number of nitrogens with one attached hydrogen (secondary N) is 3. The molecule has 0 fully saturated rings. The fraction of sp³-hybridized carbons (Fsp3) is 0.286. The lowest BCUT2D eigenvalue weighted by Gasteiger charge is -2.15. The quantitative estimate of drug-likeness (QED) is 0.569. The van der Waals surface area contributed by atoms with Gasteiger partial charge in [0.2, 0.25) is 0 Å². The first kappa shape index (κ1) is 15.7. The molecule has 0 aromatic heterocycles. The first-order valence-electron chi connectivity index (χ1n) is 6.22. The number of hydrogen-bond acceptors (Lipinski definition) is 3. The number of carboxylic acids is 1. The van der Waals surface area contributed by atoms with Gasteiger partial charge in [0.1, 0.15) is 6.04 Å². The van der Waals surface area contributed by atoms with Gasteiger partial charge in [-0.1, -0.05) is 24.3 Å². The largest absolute Gasteiger partial charge is 0.480 e. The van der Waals surface area contributed by atoms with E-state index in [-0.39, 0.29) is 6.42 Å². The second kappa shape index (κ2) is 7.96. The van der Waals surface area contributed by atoms with Crippen LogP contribution in [0.25, 0.3) is 0 Å². The Bertz CT molecular complexity index is 488. The highest BCUT2D eigenvalue weighted by Crippen LogP contribution is 2.14. The van der Waals surface area contributed by atoms with E-state index < -0.39 is 18.0 Å². The highest BCUT2D eigenvalue weighted by atomic mass is 16.4. The number of carbonyl (C=O) groups excluding carboxylic acids is 1. The Morgan fingerprint density at radius 2 is 2.10 bits per heavy atom. The third-order valence-corrected chi connectivity index (χ3v) is 2.64. The maximum absolute atomic E-state index is 11.8. The molecule has 2 amide bonds. The van der Waals surface area contributed by atoms with Crippen molar-refractivity contribution in [1.29, 1.82) is 0 Å². The number of rotatable bonds is 7. The van der Waals surface area contributed by atoms with Gasteiger partial charge < -0.3 is 21.1 Å². The Hall–Kier alpha value is -2.34. The molecule has 0 saturated carbocycles. The molecule has 0 spiro atoms. The van der Waals surface area contributed by atoms with Gasteiger partial charge in [0.05, 0.1) is 0 Å². The van der Waals surface area contributed by atoms with Gasteiger partial charge in [-0.25, -0.2) is 9.59 Å². The molecule has 0 aliphatic carbocycles. The molecule has 1 aromatic rings. The van der Waals surface area contributed by atoms with E-state index in [0.717, 1.165) is 5.56 Å². The molecular weight excluding hydrogens is 258 g/mol. The lowest BCUT2D eigenvalue weighted by Crippen LogP contribution is -2.42. The standard InChI is InChI=1S/C14H19N3O3/c1-3-6-12(13(18)19)17-14(20)16-11-8-5-4-7-10(11)9-15-2/h3-5,7-8,12,15H,1,6,9H2,2H3,(H,18,19)(H2,16,17,20). The van der Waals surface area contributed by atoms with E-state index >= 15 is 0 Å². The van der Waals surface area contributed by atoms with Crippen molar-refractivity contribution in [2.75, 3.05) is 12.4 Å². The van der Waals surface area contributed by atoms with Crippen molar-refractivity contribution in [3.63, 3.8) is 0 Å². The molecule has 1 aromatic carbocycles. The van der Waals surface area contributed by atoms with E-state index in [0.29, 0.717) is 12.2 Å². The Morgan fingerprint density at radius 1 is 1.40 bits per heavy atom. The molecule has 20 heavy (non-hydrogen) atoms. The fourth-order valence-electron chi connectivity index (χ4n) is 1.69. The molecule has 0 aliphatic heterocycles. The Morgan fingerprint density at radius 3 is 2.70 bits per heavy atom. The zero-order valence-electron chi connectivity index (χ0n) is 11.3. The van der Waals surface area contributed by atoms with Gasteiger partial charge in [0, 0.05) is 12.2 Å². The van der Waals surface area contributed by atoms with Crippen molar-refractivity contribution in [3.05, 3.63) is 42.5 Å². The summed E-state index contributed by atoms with van der Waals surface area (Å²) < 4.78 is 0. The third-order valence-electron chi connectivity index (χ3n) is 2.64. The molecule has 0 aliphatic rings. The molecule has 108 valence electrons. The van der Waals surface area contributed by atoms with Crippen molar-refractivity contribution in [3.8, 4) is 0 Å². The molecule has 0 heterocycles. The average Bonchev–Trinajstić information content (AvgIpc) is 2.40. The number of amides is 2. The summed E-state index contributed by atoms with van der Waals surface area (Å²) in [6.45, 7) is 4.07. The summed E-state index contributed by atoms with van der Waals surface area (Å²) in [7, 11) is 1.81. The fourth-order valence-corrected chi connectivity index (χ4v) is 1.69. The minimum atomic E-state index is -1.09. The predicted octanol–water partition coefficient (Wildman–Crippen LogP) is 1.56. The Balaban J connectivity index is 2.70. The van der Waals surface area contributed by atoms with Crippen molar-refractivity contribution in [1.82, 2.24) is 10.6 Å². The van der Waals surface area contributed by atoms with Gasteiger partial charge in [-0.2, -0.15) is 0 Å². The van der Waals surface area contributed by atoms with Crippen LogP contribution >= 0.6 is 0 Å². The van der Waals surface area contributed by atoms with Gasteiger partial charge in [0.25, 0.3) is 0 Å². The lowest BCUT2D eigenvalue weighted by molar-refractivity contribution is -0.139. The van der Waals surface area contributed by atoms with Crippen LogP contribution in [0.2, 0.25) is 0 Å². The summed E-state index contributed by atoms with van der Waals surface area (Å²) in [5, 5.41) is 17.0. The van der Waals surface area contributed by atoms with E-state index in [1.54, 1.807) is 19.2 Å². The molecule has 1 unspecified atom stereocenters. The summed E-state index contributed by atoms with van der Waals surface area (Å²) in [6.07, 6.45) is 1.62. The molecule has 4 N–H and O–H groups in total. The third kappa shape index (κ3) is 4.74. The smallest absolute Gasteiger partial charge is 0.326 e. The van der Waals surface area contributed by atoms with Crippen LogP contribution in [-0.4, -0.2) is 30.2 Å². The summed E-state index contributed by atoms with van der Waals surface area (Å²) in [5.74, 6) is -1.09. The van der Waals surface area contributed by atoms with Crippen LogP contribution in [0.15, 0.2) is 36.9 Å². The van der Waals surface area contributed by atoms with E-state index in [2.05, 4.69) is 22.5 Å². The molecule has 1 rings (SSSR count). The summed E-state index contributed by atoms with van der Waals surface area (Å²) in [6, 6.07) is 5.77. The number of benzene rings is 1. The summed E-state index contributed by atoms with van der Waals surface area (Å²) >= 11 is 0. The zero-order chi connectivity index (χ0) is 15.0. The van der Waals surface area contributed by atoms with Crippen LogP contribution in [0.5, 0.6) is 0 Å². The van der Waals surface area contributed by atoms with Crippen LogP contribution in [-0.2, 0) is 11.3 Å². The number of carbonyl (C=O) groups is 2. The van der Waals surface area contributed by atoms with Crippen LogP contribution in [0.1, 0.15) is 12.0 Å². The maximum atomic E-state index is 11.8. The molecule has 1 atom stereocenters. The first-order chi connectivity index (χ1) is 9.58. The molecule has 0 saturated heterocycles. The highest BCUT2D eigenvalue weighted by Gasteiger charge is 2.18. The summed E-state index contributed by atoms with van der Waals surface area (Å²) in [4.78, 5) is 22.8. The second-order valence-corrected chi connectivity index (χ2v) is 4.20. The van der Waals surface area contributed by atoms with Crippen LogP contribution < -0.4 is 16.0 Å². The number of para-hydroxylation sites is 1. The lowest BCUT2D eigenvalue weighted by atomic mass is 10.1. The number of hydrogen-bond donors (Lipinski definition) is 4. The van der Waals surface area contributed by atoms with E-state index in [1.807, 2.05) is 12.1 Å².